The molecule has 0 aromatic heterocycles. The third kappa shape index (κ3) is 5.19. The molecule has 0 saturated heterocycles. The van der Waals surface area contributed by atoms with Crippen molar-refractivity contribution < 1.29 is 14.4 Å². The molecule has 0 aliphatic rings. The van der Waals surface area contributed by atoms with Crippen LogP contribution in [-0.4, -0.2) is 31.6 Å². The Labute approximate surface area is 109 Å². The summed E-state index contributed by atoms with van der Waals surface area (Å²) in [6, 6.07) is 8.31. The predicted octanol–water partition coefficient (Wildman–Crippen LogP) is 0.152. The van der Waals surface area contributed by atoms with E-state index in [4.69, 9.17) is 10.5 Å². The molecule has 1 rings (SSSR count). The summed E-state index contributed by atoms with van der Waals surface area (Å²) in [6.07, 6.45) is 0. The molecule has 0 heterocycles. The second-order valence-electron chi connectivity index (χ2n) is 4.87. The number of nitrogens with one attached hydrogen (secondary N) is 1. The maximum atomic E-state index is 11.0. The van der Waals surface area contributed by atoms with Crippen LogP contribution in [0.25, 0.3) is 0 Å². The standard InChI is InChI=1S/C14H22N2O2/c1-11(2)16(10-14(15)17)7-8-18-13-6-4-5-12(3)9-13/h4-6,9,11H,7-8,10H2,1-3H3,(H2,15,17)/p+1. The van der Waals surface area contributed by atoms with Gasteiger partial charge in [0.05, 0.1) is 6.04 Å². The highest BCUT2D eigenvalue weighted by Crippen LogP contribution is 2.11. The van der Waals surface area contributed by atoms with E-state index in [1.165, 1.54) is 5.56 Å². The van der Waals surface area contributed by atoms with E-state index in [0.29, 0.717) is 19.2 Å². The van der Waals surface area contributed by atoms with Crippen molar-refractivity contribution in [2.24, 2.45) is 5.73 Å². The smallest absolute Gasteiger partial charge is 0.272 e. The van der Waals surface area contributed by atoms with Gasteiger partial charge in [-0.05, 0) is 38.5 Å². The Morgan fingerprint density at radius 2 is 2.17 bits per heavy atom. The largest absolute Gasteiger partial charge is 0.488 e. The summed E-state index contributed by atoms with van der Waals surface area (Å²) in [5, 5.41) is 0. The monoisotopic (exact) mass is 251 g/mol. The van der Waals surface area contributed by atoms with Crippen molar-refractivity contribution in [3.63, 3.8) is 0 Å². The normalized spacial score (nSPS) is 12.4. The average Bonchev–Trinajstić information content (AvgIpc) is 2.27. The van der Waals surface area contributed by atoms with Gasteiger partial charge in [-0.1, -0.05) is 12.1 Å². The fourth-order valence-electron chi connectivity index (χ4n) is 1.81. The first-order chi connectivity index (χ1) is 8.49. The maximum Gasteiger partial charge on any atom is 0.272 e. The number of primary amides is 1. The molecule has 0 fully saturated rings. The molecule has 4 heteroatoms. The molecule has 1 unspecified atom stereocenters. The fraction of sp³-hybridized carbons (Fsp3) is 0.500. The van der Waals surface area contributed by atoms with Gasteiger partial charge in [-0.15, -0.1) is 0 Å². The number of quaternary nitrogens is 1. The lowest BCUT2D eigenvalue weighted by atomic mass is 10.2. The second-order valence-corrected chi connectivity index (χ2v) is 4.87. The van der Waals surface area contributed by atoms with E-state index < -0.39 is 0 Å². The molecule has 1 atom stereocenters. The predicted molar refractivity (Wildman–Crippen MR) is 71.7 cm³/mol. The summed E-state index contributed by atoms with van der Waals surface area (Å²) in [5.74, 6) is 0.603. The first-order valence-corrected chi connectivity index (χ1v) is 6.31. The first kappa shape index (κ1) is 14.5. The minimum atomic E-state index is -0.269. The van der Waals surface area contributed by atoms with Crippen molar-refractivity contribution in [1.82, 2.24) is 0 Å². The molecule has 1 aromatic rings. The van der Waals surface area contributed by atoms with Gasteiger partial charge in [-0.25, -0.2) is 0 Å². The van der Waals surface area contributed by atoms with Gasteiger partial charge in [-0.2, -0.15) is 0 Å². The highest BCUT2D eigenvalue weighted by molar-refractivity contribution is 5.74. The van der Waals surface area contributed by atoms with Gasteiger partial charge in [0.1, 0.15) is 18.9 Å². The zero-order chi connectivity index (χ0) is 13.5. The molecule has 0 saturated carbocycles. The summed E-state index contributed by atoms with van der Waals surface area (Å²) in [4.78, 5) is 12.1. The maximum absolute atomic E-state index is 11.0. The van der Waals surface area contributed by atoms with Gasteiger partial charge < -0.3 is 15.4 Å². The zero-order valence-electron chi connectivity index (χ0n) is 11.4. The van der Waals surface area contributed by atoms with Crippen molar-refractivity contribution >= 4 is 5.91 Å². The second kappa shape index (κ2) is 7.01. The zero-order valence-corrected chi connectivity index (χ0v) is 11.4. The summed E-state index contributed by atoms with van der Waals surface area (Å²) < 4.78 is 5.68. The molecule has 18 heavy (non-hydrogen) atoms. The topological polar surface area (TPSA) is 56.8 Å². The molecule has 1 amide bonds. The van der Waals surface area contributed by atoms with Gasteiger partial charge in [0.2, 0.25) is 0 Å². The van der Waals surface area contributed by atoms with Crippen molar-refractivity contribution in [2.75, 3.05) is 19.7 Å². The van der Waals surface area contributed by atoms with E-state index in [-0.39, 0.29) is 5.91 Å². The van der Waals surface area contributed by atoms with Crippen molar-refractivity contribution in [3.8, 4) is 5.75 Å². The van der Waals surface area contributed by atoms with Crippen LogP contribution in [0.4, 0.5) is 0 Å². The summed E-state index contributed by atoms with van der Waals surface area (Å²) in [6.45, 7) is 7.90. The molecule has 100 valence electrons. The lowest BCUT2D eigenvalue weighted by molar-refractivity contribution is -0.913. The third-order valence-corrected chi connectivity index (χ3v) is 2.90. The average molecular weight is 251 g/mol. The molecule has 0 spiro atoms. The Hall–Kier alpha value is -1.55. The molecule has 0 radical (unpaired) electrons. The summed E-state index contributed by atoms with van der Waals surface area (Å²) >= 11 is 0. The van der Waals surface area contributed by atoms with Crippen LogP contribution in [0.3, 0.4) is 0 Å². The summed E-state index contributed by atoms with van der Waals surface area (Å²) in [5.41, 5.74) is 6.41. The lowest BCUT2D eigenvalue weighted by Crippen LogP contribution is -3.16. The van der Waals surface area contributed by atoms with Crippen molar-refractivity contribution in [1.29, 1.82) is 0 Å². The van der Waals surface area contributed by atoms with E-state index in [2.05, 4.69) is 13.8 Å². The number of hydrogen-bond donors (Lipinski definition) is 2. The highest BCUT2D eigenvalue weighted by atomic mass is 16.5. The minimum absolute atomic E-state index is 0.269. The number of aryl methyl sites for hydroxylation is 1. The van der Waals surface area contributed by atoms with E-state index in [9.17, 15) is 4.79 Å². The van der Waals surface area contributed by atoms with Gasteiger partial charge >= 0.3 is 0 Å². The number of rotatable bonds is 7. The number of carbonyl (C=O) groups is 1. The number of amides is 1. The number of hydrogen-bond acceptors (Lipinski definition) is 2. The Kier molecular flexibility index (Phi) is 5.65. The Morgan fingerprint density at radius 3 is 2.72 bits per heavy atom. The van der Waals surface area contributed by atoms with Crippen LogP contribution in [-0.2, 0) is 4.79 Å². The molecular formula is C14H23N2O2+. The Morgan fingerprint density at radius 1 is 1.44 bits per heavy atom. The molecule has 0 aliphatic carbocycles. The van der Waals surface area contributed by atoms with E-state index in [1.54, 1.807) is 0 Å². The molecule has 1 aromatic carbocycles. The van der Waals surface area contributed by atoms with E-state index >= 15 is 0 Å². The van der Waals surface area contributed by atoms with Crippen molar-refractivity contribution in [2.45, 2.75) is 26.8 Å². The van der Waals surface area contributed by atoms with Gasteiger partial charge in [-0.3, -0.25) is 4.79 Å². The quantitative estimate of drug-likeness (QED) is 0.725. The number of benzene rings is 1. The minimum Gasteiger partial charge on any atom is -0.488 e. The van der Waals surface area contributed by atoms with E-state index in [0.717, 1.165) is 17.2 Å². The number of carbonyl (C=O) groups excluding carboxylic acids is 1. The number of nitrogens with two attached hydrogens (primary N) is 1. The van der Waals surface area contributed by atoms with Crippen LogP contribution in [0, 0.1) is 6.92 Å². The van der Waals surface area contributed by atoms with Crippen LogP contribution < -0.4 is 15.4 Å². The van der Waals surface area contributed by atoms with Gasteiger partial charge in [0.25, 0.3) is 5.91 Å². The van der Waals surface area contributed by atoms with Gasteiger partial charge in [0, 0.05) is 0 Å². The van der Waals surface area contributed by atoms with Crippen LogP contribution >= 0.6 is 0 Å². The SMILES string of the molecule is Cc1cccc(OCC[NH+](CC(N)=O)C(C)C)c1. The molecule has 0 bridgehead atoms. The molecule has 3 N–H and O–H groups in total. The molecule has 4 nitrogen and oxygen atoms in total. The number of ether oxygens (including phenoxy) is 1. The van der Waals surface area contributed by atoms with Crippen molar-refractivity contribution in [3.05, 3.63) is 29.8 Å². The molecule has 0 aliphatic heterocycles. The molecular weight excluding hydrogens is 228 g/mol. The Bertz CT molecular complexity index is 391. The van der Waals surface area contributed by atoms with Crippen LogP contribution in [0.1, 0.15) is 19.4 Å². The first-order valence-electron chi connectivity index (χ1n) is 6.31. The summed E-state index contributed by atoms with van der Waals surface area (Å²) in [7, 11) is 0. The van der Waals surface area contributed by atoms with E-state index in [1.807, 2.05) is 31.2 Å². The highest BCUT2D eigenvalue weighted by Gasteiger charge is 2.15. The van der Waals surface area contributed by atoms with Crippen LogP contribution in [0.15, 0.2) is 24.3 Å². The lowest BCUT2D eigenvalue weighted by Gasteiger charge is -2.22. The third-order valence-electron chi connectivity index (χ3n) is 2.90. The van der Waals surface area contributed by atoms with Crippen LogP contribution in [0.2, 0.25) is 0 Å². The van der Waals surface area contributed by atoms with Gasteiger partial charge in [0.15, 0.2) is 6.54 Å². The Balaban J connectivity index is 2.41. The van der Waals surface area contributed by atoms with Crippen LogP contribution in [0.5, 0.6) is 5.75 Å². The fourth-order valence-corrected chi connectivity index (χ4v) is 1.81.